The quantitative estimate of drug-likeness (QED) is 0.310. The number of nitrogens with one attached hydrogen (secondary N) is 2. The smallest absolute Gasteiger partial charge is 0.262 e. The molecule has 0 radical (unpaired) electrons. The highest BCUT2D eigenvalue weighted by atomic mass is 16.3. The summed E-state index contributed by atoms with van der Waals surface area (Å²) < 4.78 is 0. The molecule has 0 aliphatic heterocycles. The number of nitrogens with two attached hydrogens (primary N) is 1. The van der Waals surface area contributed by atoms with Crippen LogP contribution in [0.25, 0.3) is 11.0 Å². The van der Waals surface area contributed by atoms with Gasteiger partial charge >= 0.3 is 0 Å². The van der Waals surface area contributed by atoms with Crippen molar-refractivity contribution in [1.82, 2.24) is 15.0 Å². The largest absolute Gasteiger partial charge is 0.508 e. The number of hydrogen-bond acceptors (Lipinski definition) is 6. The van der Waals surface area contributed by atoms with E-state index in [4.69, 9.17) is 5.73 Å². The number of phenolic OH excluding ortho intramolecular Hbond substituents is 3. The van der Waals surface area contributed by atoms with Crippen LogP contribution in [-0.2, 0) is 12.8 Å². The van der Waals surface area contributed by atoms with E-state index in [2.05, 4.69) is 15.0 Å². The fourth-order valence-electron chi connectivity index (χ4n) is 2.40. The zero-order chi connectivity index (χ0) is 15.9. The molecule has 22 heavy (non-hydrogen) atoms. The van der Waals surface area contributed by atoms with Gasteiger partial charge in [-0.25, -0.2) is 0 Å². The number of aromatic hydroxyl groups is 3. The van der Waals surface area contributed by atoms with Crippen molar-refractivity contribution in [2.24, 2.45) is 0 Å². The van der Waals surface area contributed by atoms with Crippen molar-refractivity contribution in [3.63, 3.8) is 0 Å². The molecule has 0 saturated heterocycles. The molecule has 7 N–H and O–H groups in total. The fourth-order valence-corrected chi connectivity index (χ4v) is 2.40. The summed E-state index contributed by atoms with van der Waals surface area (Å²) in [5.74, 6) is -0.776. The summed E-state index contributed by atoms with van der Waals surface area (Å²) in [6, 6.07) is 2.37. The van der Waals surface area contributed by atoms with Gasteiger partial charge in [-0.3, -0.25) is 9.78 Å². The maximum Gasteiger partial charge on any atom is 0.262 e. The van der Waals surface area contributed by atoms with Gasteiger partial charge in [0.15, 0.2) is 11.5 Å². The molecule has 8 heteroatoms. The van der Waals surface area contributed by atoms with E-state index in [1.165, 1.54) is 6.07 Å². The molecule has 8 nitrogen and oxygen atoms in total. The van der Waals surface area contributed by atoms with E-state index >= 15 is 0 Å². The van der Waals surface area contributed by atoms with Gasteiger partial charge < -0.3 is 26.0 Å². The number of aromatic amines is 2. The van der Waals surface area contributed by atoms with Gasteiger partial charge in [0.1, 0.15) is 11.4 Å². The van der Waals surface area contributed by atoms with Crippen molar-refractivity contribution in [3.05, 3.63) is 39.8 Å². The minimum atomic E-state index is -0.385. The third kappa shape index (κ3) is 2.30. The number of rotatable bonds is 3. The van der Waals surface area contributed by atoms with E-state index in [0.717, 1.165) is 11.6 Å². The van der Waals surface area contributed by atoms with Crippen LogP contribution in [0, 0.1) is 0 Å². The summed E-state index contributed by atoms with van der Waals surface area (Å²) in [5, 5.41) is 29.0. The van der Waals surface area contributed by atoms with Crippen LogP contribution >= 0.6 is 0 Å². The van der Waals surface area contributed by atoms with Crippen LogP contribution in [-0.4, -0.2) is 30.3 Å². The standard InChI is InChI=1S/C14H14N4O4/c15-14-17-12-11(13(22)18-14)7(5-16-12)2-1-6-3-9(20)10(21)4-8(6)19/h3-5,19-21H,1-2H2,(H4,15,16,17,18,22). The Hall–Kier alpha value is -3.16. The van der Waals surface area contributed by atoms with Crippen LogP contribution < -0.4 is 11.3 Å². The zero-order valence-corrected chi connectivity index (χ0v) is 11.4. The summed E-state index contributed by atoms with van der Waals surface area (Å²) >= 11 is 0. The summed E-state index contributed by atoms with van der Waals surface area (Å²) in [6.07, 6.45) is 2.46. The molecule has 0 saturated carbocycles. The Kier molecular flexibility index (Phi) is 3.13. The van der Waals surface area contributed by atoms with Crippen LogP contribution in [0.5, 0.6) is 17.2 Å². The molecule has 114 valence electrons. The second kappa shape index (κ2) is 4.99. The van der Waals surface area contributed by atoms with E-state index in [0.29, 0.717) is 29.4 Å². The van der Waals surface area contributed by atoms with Gasteiger partial charge in [0.25, 0.3) is 5.56 Å². The molecule has 3 aromatic rings. The van der Waals surface area contributed by atoms with Crippen molar-refractivity contribution >= 4 is 17.0 Å². The number of H-pyrrole nitrogens is 2. The molecule has 1 aromatic carbocycles. The average Bonchev–Trinajstić information content (AvgIpc) is 2.84. The van der Waals surface area contributed by atoms with Gasteiger partial charge in [0.05, 0.1) is 5.39 Å². The molecular formula is C14H14N4O4. The second-order valence-electron chi connectivity index (χ2n) is 4.96. The molecule has 2 aromatic heterocycles. The van der Waals surface area contributed by atoms with Gasteiger partial charge in [-0.2, -0.15) is 4.98 Å². The topological polar surface area (TPSA) is 148 Å². The van der Waals surface area contributed by atoms with Gasteiger partial charge in [-0.1, -0.05) is 0 Å². The van der Waals surface area contributed by atoms with Crippen LogP contribution in [0.2, 0.25) is 0 Å². The van der Waals surface area contributed by atoms with E-state index in [-0.39, 0.29) is 28.8 Å². The molecule has 0 aliphatic rings. The maximum atomic E-state index is 11.9. The van der Waals surface area contributed by atoms with Crippen molar-refractivity contribution in [1.29, 1.82) is 0 Å². The Morgan fingerprint density at radius 1 is 1.05 bits per heavy atom. The molecule has 0 atom stereocenters. The average molecular weight is 302 g/mol. The molecule has 3 rings (SSSR count). The summed E-state index contributed by atoms with van der Waals surface area (Å²) in [6.45, 7) is 0. The van der Waals surface area contributed by atoms with Crippen molar-refractivity contribution in [2.75, 3.05) is 5.73 Å². The molecular weight excluding hydrogens is 288 g/mol. The number of aromatic nitrogens is 3. The van der Waals surface area contributed by atoms with E-state index in [1.54, 1.807) is 6.20 Å². The fraction of sp³-hybridized carbons (Fsp3) is 0.143. The Morgan fingerprint density at radius 2 is 1.73 bits per heavy atom. The monoisotopic (exact) mass is 302 g/mol. The minimum absolute atomic E-state index is 0.0343. The SMILES string of the molecule is Nc1nc2[nH]cc(CCc3cc(O)c(O)cc3O)c2c(=O)[nH]1. The van der Waals surface area contributed by atoms with Crippen molar-refractivity contribution in [2.45, 2.75) is 12.8 Å². The molecule has 0 spiro atoms. The number of nitrogen functional groups attached to an aromatic ring is 1. The molecule has 0 amide bonds. The van der Waals surface area contributed by atoms with Crippen molar-refractivity contribution in [3.8, 4) is 17.2 Å². The number of anilines is 1. The first-order valence-electron chi connectivity index (χ1n) is 6.55. The minimum Gasteiger partial charge on any atom is -0.508 e. The third-order valence-corrected chi connectivity index (χ3v) is 3.48. The van der Waals surface area contributed by atoms with Crippen LogP contribution in [0.15, 0.2) is 23.1 Å². The number of hydrogen-bond donors (Lipinski definition) is 6. The van der Waals surface area contributed by atoms with E-state index in [1.807, 2.05) is 0 Å². The molecule has 2 heterocycles. The summed E-state index contributed by atoms with van der Waals surface area (Å²) in [4.78, 5) is 21.3. The van der Waals surface area contributed by atoms with E-state index in [9.17, 15) is 20.1 Å². The van der Waals surface area contributed by atoms with Crippen LogP contribution in [0.4, 0.5) is 5.95 Å². The molecule has 0 unspecified atom stereocenters. The first-order chi connectivity index (χ1) is 10.5. The zero-order valence-electron chi connectivity index (χ0n) is 11.4. The Bertz CT molecular complexity index is 913. The molecule has 0 aliphatic carbocycles. The lowest BCUT2D eigenvalue weighted by molar-refractivity contribution is 0.394. The number of benzene rings is 1. The number of aryl methyl sites for hydroxylation is 2. The van der Waals surface area contributed by atoms with E-state index < -0.39 is 0 Å². The van der Waals surface area contributed by atoms with Gasteiger partial charge in [0.2, 0.25) is 5.95 Å². The first kappa shape index (κ1) is 13.8. The van der Waals surface area contributed by atoms with Gasteiger partial charge in [-0.05, 0) is 30.0 Å². The third-order valence-electron chi connectivity index (χ3n) is 3.48. The number of phenols is 3. The lowest BCUT2D eigenvalue weighted by Crippen LogP contribution is -2.11. The predicted molar refractivity (Wildman–Crippen MR) is 80.0 cm³/mol. The number of fused-ring (bicyclic) bond motifs is 1. The van der Waals surface area contributed by atoms with Gasteiger partial charge in [0, 0.05) is 12.3 Å². The normalized spacial score (nSPS) is 11.1. The van der Waals surface area contributed by atoms with Crippen LogP contribution in [0.3, 0.4) is 0 Å². The number of nitrogens with zero attached hydrogens (tertiary/aromatic N) is 1. The van der Waals surface area contributed by atoms with Crippen LogP contribution in [0.1, 0.15) is 11.1 Å². The van der Waals surface area contributed by atoms with Crippen molar-refractivity contribution < 1.29 is 15.3 Å². The highest BCUT2D eigenvalue weighted by molar-refractivity contribution is 5.79. The molecule has 0 fully saturated rings. The second-order valence-corrected chi connectivity index (χ2v) is 4.96. The highest BCUT2D eigenvalue weighted by Crippen LogP contribution is 2.33. The molecule has 0 bridgehead atoms. The Morgan fingerprint density at radius 3 is 2.50 bits per heavy atom. The first-order valence-corrected chi connectivity index (χ1v) is 6.55. The Labute approximate surface area is 123 Å². The predicted octanol–water partition coefficient (Wildman–Crippen LogP) is 0.735. The summed E-state index contributed by atoms with van der Waals surface area (Å²) in [7, 11) is 0. The Balaban J connectivity index is 1.92. The lowest BCUT2D eigenvalue weighted by Gasteiger charge is -2.06. The van der Waals surface area contributed by atoms with Gasteiger partial charge in [-0.15, -0.1) is 0 Å². The maximum absolute atomic E-state index is 11.9. The summed E-state index contributed by atoms with van der Waals surface area (Å²) in [5.41, 5.74) is 6.72. The highest BCUT2D eigenvalue weighted by Gasteiger charge is 2.12. The lowest BCUT2D eigenvalue weighted by atomic mass is 10.0.